The molecule has 0 unspecified atom stereocenters. The fourth-order valence-corrected chi connectivity index (χ4v) is 3.88. The zero-order valence-corrected chi connectivity index (χ0v) is 17.9. The molecule has 0 aromatic carbocycles. The van der Waals surface area contributed by atoms with E-state index in [9.17, 15) is 4.39 Å². The molecule has 4 heterocycles. The second kappa shape index (κ2) is 8.37. The third-order valence-electron chi connectivity index (χ3n) is 5.48. The number of ether oxygens (including phenoxy) is 2. The highest BCUT2D eigenvalue weighted by atomic mass is 19.1. The monoisotopic (exact) mass is 431 g/mol. The molecule has 2 aliphatic rings. The molecule has 0 radical (unpaired) electrons. The summed E-state index contributed by atoms with van der Waals surface area (Å²) in [5.74, 6) is 0.696. The van der Waals surface area contributed by atoms with Gasteiger partial charge in [-0.05, 0) is 56.5 Å². The van der Waals surface area contributed by atoms with E-state index in [-0.39, 0.29) is 11.6 Å². The van der Waals surface area contributed by atoms with Crippen LogP contribution in [-0.4, -0.2) is 31.9 Å². The maximum atomic E-state index is 15.0. The predicted molar refractivity (Wildman–Crippen MR) is 118 cm³/mol. The van der Waals surface area contributed by atoms with Crippen molar-refractivity contribution in [2.24, 2.45) is 4.99 Å². The van der Waals surface area contributed by atoms with E-state index in [4.69, 9.17) is 9.47 Å². The Balaban J connectivity index is 1.33. The molecule has 0 saturated carbocycles. The average Bonchev–Trinajstić information content (AvgIpc) is 3.34. The van der Waals surface area contributed by atoms with E-state index in [0.29, 0.717) is 29.9 Å². The number of nitrogens with zero attached hydrogens (tertiary/aromatic N) is 5. The molecule has 8 heteroatoms. The standard InChI is InChI=1S/C24H22FN5O2/c1-15-12-18-19(29-15)5-6-20(22(18)25)32-24-23-16(2)21(13-30(23)28-14-27-24)31-11-3-4-17-7-9-26-10-8-17/h6-10,12-14H,3-5,11H2,1-2H3. The first-order chi connectivity index (χ1) is 15.6. The Kier molecular flexibility index (Phi) is 5.26. The first kappa shape index (κ1) is 20.1. The van der Waals surface area contributed by atoms with E-state index in [1.54, 1.807) is 35.3 Å². The van der Waals surface area contributed by atoms with Crippen LogP contribution in [0.4, 0.5) is 4.39 Å². The van der Waals surface area contributed by atoms with Crippen LogP contribution in [0.2, 0.25) is 0 Å². The fraction of sp³-hybridized carbons (Fsp3) is 0.250. The van der Waals surface area contributed by atoms with E-state index in [2.05, 4.69) is 20.1 Å². The molecule has 0 fully saturated rings. The summed E-state index contributed by atoms with van der Waals surface area (Å²) in [6.07, 6.45) is 12.5. The van der Waals surface area contributed by atoms with Crippen LogP contribution in [0.15, 0.2) is 77.1 Å². The van der Waals surface area contributed by atoms with Gasteiger partial charge in [-0.15, -0.1) is 0 Å². The Morgan fingerprint density at radius 2 is 2.03 bits per heavy atom. The van der Waals surface area contributed by atoms with Crippen LogP contribution in [0.5, 0.6) is 11.6 Å². The largest absolute Gasteiger partial charge is 0.492 e. The van der Waals surface area contributed by atoms with Gasteiger partial charge in [-0.25, -0.2) is 8.91 Å². The molecule has 0 saturated heterocycles. The van der Waals surface area contributed by atoms with Crippen LogP contribution in [0.1, 0.15) is 30.9 Å². The van der Waals surface area contributed by atoms with Crippen LogP contribution in [0.25, 0.3) is 5.52 Å². The Bertz CT molecular complexity index is 1300. The van der Waals surface area contributed by atoms with Gasteiger partial charge in [0.1, 0.15) is 17.6 Å². The molecule has 0 N–H and O–H groups in total. The number of aromatic nitrogens is 4. The maximum Gasteiger partial charge on any atom is 0.247 e. The number of hydrogen-bond acceptors (Lipinski definition) is 6. The number of fused-ring (bicyclic) bond motifs is 2. The third kappa shape index (κ3) is 3.79. The summed E-state index contributed by atoms with van der Waals surface area (Å²) in [6.45, 7) is 4.33. The molecule has 0 spiro atoms. The molecule has 7 nitrogen and oxygen atoms in total. The lowest BCUT2D eigenvalue weighted by atomic mass is 10.0. The lowest BCUT2D eigenvalue weighted by Crippen LogP contribution is -2.11. The molecule has 5 rings (SSSR count). The number of hydrogen-bond donors (Lipinski definition) is 0. The van der Waals surface area contributed by atoms with Crippen LogP contribution in [0, 0.1) is 6.92 Å². The predicted octanol–water partition coefficient (Wildman–Crippen LogP) is 4.69. The molecule has 3 aromatic rings. The maximum absolute atomic E-state index is 15.0. The average molecular weight is 431 g/mol. The van der Waals surface area contributed by atoms with E-state index < -0.39 is 5.83 Å². The van der Waals surface area contributed by atoms with Gasteiger partial charge < -0.3 is 9.47 Å². The number of aryl methyl sites for hydroxylation is 2. The summed E-state index contributed by atoms with van der Waals surface area (Å²) < 4.78 is 28.6. The van der Waals surface area contributed by atoms with Crippen molar-refractivity contribution in [3.05, 3.63) is 83.2 Å². The van der Waals surface area contributed by atoms with E-state index in [1.165, 1.54) is 11.9 Å². The van der Waals surface area contributed by atoms with Crippen LogP contribution in [-0.2, 0) is 6.42 Å². The number of pyridine rings is 1. The SMILES string of the molecule is CC1=CC2=C(F)C(Oc3ncnn4cc(OCCCc5ccncc5)c(C)c34)=CCC2=N1. The minimum Gasteiger partial charge on any atom is -0.492 e. The van der Waals surface area contributed by atoms with Crippen LogP contribution >= 0.6 is 0 Å². The van der Waals surface area contributed by atoms with Crippen LogP contribution in [0.3, 0.4) is 0 Å². The number of rotatable bonds is 7. The Labute approximate surface area is 184 Å². The van der Waals surface area contributed by atoms with Gasteiger partial charge in [-0.3, -0.25) is 9.98 Å². The first-order valence-electron chi connectivity index (χ1n) is 10.5. The topological polar surface area (TPSA) is 73.9 Å². The summed E-state index contributed by atoms with van der Waals surface area (Å²) in [6, 6.07) is 4.01. The Hall–Kier alpha value is -3.81. The normalized spacial score (nSPS) is 15.4. The summed E-state index contributed by atoms with van der Waals surface area (Å²) in [5, 5.41) is 4.26. The Morgan fingerprint density at radius 3 is 2.88 bits per heavy atom. The first-order valence-corrected chi connectivity index (χ1v) is 10.5. The second-order valence-electron chi connectivity index (χ2n) is 7.73. The summed E-state index contributed by atoms with van der Waals surface area (Å²) >= 11 is 0. The van der Waals surface area contributed by atoms with Crippen molar-refractivity contribution in [2.45, 2.75) is 33.1 Å². The van der Waals surface area contributed by atoms with Crippen molar-refractivity contribution < 1.29 is 13.9 Å². The molecular weight excluding hydrogens is 409 g/mol. The van der Waals surface area contributed by atoms with Gasteiger partial charge in [0.15, 0.2) is 11.6 Å². The fourth-order valence-electron chi connectivity index (χ4n) is 3.88. The van der Waals surface area contributed by atoms with E-state index in [1.807, 2.05) is 26.0 Å². The number of aliphatic imine (C=N–C) groups is 1. The summed E-state index contributed by atoms with van der Waals surface area (Å²) in [5.41, 5.74) is 4.70. The van der Waals surface area contributed by atoms with Crippen LogP contribution < -0.4 is 9.47 Å². The van der Waals surface area contributed by atoms with Gasteiger partial charge in [0, 0.05) is 35.6 Å². The number of halogens is 1. The molecule has 3 aromatic heterocycles. The van der Waals surface area contributed by atoms with E-state index in [0.717, 1.165) is 29.8 Å². The summed E-state index contributed by atoms with van der Waals surface area (Å²) in [4.78, 5) is 12.6. The second-order valence-corrected chi connectivity index (χ2v) is 7.73. The summed E-state index contributed by atoms with van der Waals surface area (Å²) in [7, 11) is 0. The van der Waals surface area contributed by atoms with Crippen molar-refractivity contribution in [1.29, 1.82) is 0 Å². The zero-order valence-electron chi connectivity index (χ0n) is 17.9. The molecule has 0 amide bonds. The van der Waals surface area contributed by atoms with Gasteiger partial charge in [0.2, 0.25) is 5.88 Å². The molecule has 162 valence electrons. The van der Waals surface area contributed by atoms with Crippen molar-refractivity contribution >= 4 is 11.2 Å². The van der Waals surface area contributed by atoms with Gasteiger partial charge in [-0.1, -0.05) is 0 Å². The molecule has 1 aliphatic carbocycles. The lowest BCUT2D eigenvalue weighted by molar-refractivity contribution is 0.309. The quantitative estimate of drug-likeness (QED) is 0.507. The van der Waals surface area contributed by atoms with Crippen molar-refractivity contribution in [2.75, 3.05) is 6.61 Å². The van der Waals surface area contributed by atoms with Gasteiger partial charge in [-0.2, -0.15) is 10.1 Å². The zero-order chi connectivity index (χ0) is 22.1. The molecular formula is C24H22FN5O2. The van der Waals surface area contributed by atoms with E-state index >= 15 is 0 Å². The van der Waals surface area contributed by atoms with Gasteiger partial charge >= 0.3 is 0 Å². The molecule has 0 bridgehead atoms. The molecule has 1 aliphatic heterocycles. The number of allylic oxidation sites excluding steroid dienone is 5. The highest BCUT2D eigenvalue weighted by Crippen LogP contribution is 2.35. The minimum atomic E-state index is -0.430. The third-order valence-corrected chi connectivity index (χ3v) is 5.48. The van der Waals surface area contributed by atoms with Gasteiger partial charge in [0.25, 0.3) is 0 Å². The smallest absolute Gasteiger partial charge is 0.247 e. The molecule has 0 atom stereocenters. The highest BCUT2D eigenvalue weighted by molar-refractivity contribution is 6.08. The molecule has 32 heavy (non-hydrogen) atoms. The van der Waals surface area contributed by atoms with Crippen molar-refractivity contribution in [3.8, 4) is 11.6 Å². The minimum absolute atomic E-state index is 0.144. The lowest BCUT2D eigenvalue weighted by Gasteiger charge is -2.15. The van der Waals surface area contributed by atoms with Crippen molar-refractivity contribution in [1.82, 2.24) is 19.6 Å². The highest BCUT2D eigenvalue weighted by Gasteiger charge is 2.26. The van der Waals surface area contributed by atoms with Crippen molar-refractivity contribution in [3.63, 3.8) is 0 Å². The Morgan fingerprint density at radius 1 is 1.19 bits per heavy atom. The van der Waals surface area contributed by atoms with Gasteiger partial charge in [0.05, 0.1) is 18.5 Å².